The molecule has 148 valence electrons. The van der Waals surface area contributed by atoms with Crippen LogP contribution in [0.4, 0.5) is 4.39 Å². The molecule has 0 aliphatic carbocycles. The van der Waals surface area contributed by atoms with Crippen molar-refractivity contribution in [3.63, 3.8) is 0 Å². The Kier molecular flexibility index (Phi) is 5.41. The van der Waals surface area contributed by atoms with Crippen LogP contribution in [-0.4, -0.2) is 57.3 Å². The number of H-pyrrole nitrogens is 1. The van der Waals surface area contributed by atoms with Gasteiger partial charge >= 0.3 is 0 Å². The number of aromatic amines is 1. The van der Waals surface area contributed by atoms with E-state index in [4.69, 9.17) is 0 Å². The summed E-state index contributed by atoms with van der Waals surface area (Å²) >= 11 is 0. The van der Waals surface area contributed by atoms with Gasteiger partial charge in [0.05, 0.1) is 12.7 Å². The highest BCUT2D eigenvalue weighted by molar-refractivity contribution is 5.80. The quantitative estimate of drug-likeness (QED) is 0.859. The van der Waals surface area contributed by atoms with E-state index in [0.29, 0.717) is 37.5 Å². The number of halogens is 1. The van der Waals surface area contributed by atoms with E-state index in [1.54, 1.807) is 24.7 Å². The predicted molar refractivity (Wildman–Crippen MR) is 102 cm³/mol. The van der Waals surface area contributed by atoms with E-state index in [1.807, 2.05) is 9.80 Å². The van der Waals surface area contributed by atoms with Gasteiger partial charge in [-0.2, -0.15) is 0 Å². The standard InChI is InChI=1S/C21H25FN4O2/c22-17-3-1-2-15(10-17)11-21(28)25-8-7-19-16(13-25)4-5-20(27)26(19)9-6-18-12-23-14-24-18/h1-3,10,12,14,16,19H,4-9,11,13H2,(H,23,24)/t16-,19+/m0/s1. The van der Waals surface area contributed by atoms with Crippen molar-refractivity contribution in [2.24, 2.45) is 5.92 Å². The lowest BCUT2D eigenvalue weighted by molar-refractivity contribution is -0.143. The summed E-state index contributed by atoms with van der Waals surface area (Å²) in [6.07, 6.45) is 6.59. The molecule has 2 fully saturated rings. The molecule has 1 aromatic carbocycles. The number of amides is 2. The first-order valence-corrected chi connectivity index (χ1v) is 9.89. The maximum atomic E-state index is 13.4. The second-order valence-corrected chi connectivity index (χ2v) is 7.72. The average molecular weight is 384 g/mol. The molecule has 2 aliphatic heterocycles. The number of hydrogen-bond donors (Lipinski definition) is 1. The van der Waals surface area contributed by atoms with Crippen molar-refractivity contribution in [3.8, 4) is 0 Å². The molecule has 3 heterocycles. The number of fused-ring (bicyclic) bond motifs is 1. The van der Waals surface area contributed by atoms with Crippen LogP contribution in [0.1, 0.15) is 30.5 Å². The third-order valence-corrected chi connectivity index (χ3v) is 5.92. The summed E-state index contributed by atoms with van der Waals surface area (Å²) in [7, 11) is 0. The smallest absolute Gasteiger partial charge is 0.227 e. The lowest BCUT2D eigenvalue weighted by Crippen LogP contribution is -2.57. The van der Waals surface area contributed by atoms with Crippen LogP contribution in [0.3, 0.4) is 0 Å². The summed E-state index contributed by atoms with van der Waals surface area (Å²) in [5.74, 6) is 0.234. The second kappa shape index (κ2) is 8.12. The highest BCUT2D eigenvalue weighted by Crippen LogP contribution is 2.31. The molecule has 2 aromatic rings. The molecule has 2 atom stereocenters. The topological polar surface area (TPSA) is 69.3 Å². The minimum absolute atomic E-state index is 0.0324. The van der Waals surface area contributed by atoms with E-state index in [2.05, 4.69) is 9.97 Å². The van der Waals surface area contributed by atoms with Gasteiger partial charge in [0.1, 0.15) is 5.82 Å². The fourth-order valence-corrected chi connectivity index (χ4v) is 4.46. The molecule has 0 spiro atoms. The predicted octanol–water partition coefficient (Wildman–Crippen LogP) is 2.17. The number of nitrogens with one attached hydrogen (secondary N) is 1. The molecule has 1 N–H and O–H groups in total. The van der Waals surface area contributed by atoms with E-state index < -0.39 is 0 Å². The van der Waals surface area contributed by atoms with Gasteiger partial charge in [-0.1, -0.05) is 12.1 Å². The summed E-state index contributed by atoms with van der Waals surface area (Å²) in [6.45, 7) is 2.00. The highest BCUT2D eigenvalue weighted by atomic mass is 19.1. The molecule has 6 nitrogen and oxygen atoms in total. The molecule has 0 unspecified atom stereocenters. The molecule has 4 rings (SSSR count). The molecule has 2 saturated heterocycles. The van der Waals surface area contributed by atoms with Gasteiger partial charge in [0.25, 0.3) is 0 Å². The zero-order chi connectivity index (χ0) is 19.5. The fraction of sp³-hybridized carbons (Fsp3) is 0.476. The third kappa shape index (κ3) is 4.08. The Balaban J connectivity index is 1.37. The van der Waals surface area contributed by atoms with Crippen LogP contribution in [0.2, 0.25) is 0 Å². The first-order chi connectivity index (χ1) is 13.6. The molecule has 2 aliphatic rings. The van der Waals surface area contributed by atoms with E-state index in [1.165, 1.54) is 12.1 Å². The van der Waals surface area contributed by atoms with Crippen LogP contribution in [0.15, 0.2) is 36.8 Å². The molecule has 0 saturated carbocycles. The van der Waals surface area contributed by atoms with Crippen LogP contribution < -0.4 is 0 Å². The minimum Gasteiger partial charge on any atom is -0.348 e. The first kappa shape index (κ1) is 18.7. The molecule has 2 amide bonds. The van der Waals surface area contributed by atoms with E-state index in [0.717, 1.165) is 25.0 Å². The third-order valence-electron chi connectivity index (χ3n) is 5.92. The lowest BCUT2D eigenvalue weighted by atomic mass is 9.83. The zero-order valence-corrected chi connectivity index (χ0v) is 15.8. The summed E-state index contributed by atoms with van der Waals surface area (Å²) < 4.78 is 13.4. The van der Waals surface area contributed by atoms with Crippen LogP contribution in [0, 0.1) is 11.7 Å². The van der Waals surface area contributed by atoms with E-state index in [-0.39, 0.29) is 30.1 Å². The Bertz CT molecular complexity index is 839. The largest absolute Gasteiger partial charge is 0.348 e. The van der Waals surface area contributed by atoms with Crippen molar-refractivity contribution in [3.05, 3.63) is 53.9 Å². The Labute approximate surface area is 163 Å². The summed E-state index contributed by atoms with van der Waals surface area (Å²) in [6, 6.07) is 6.42. The van der Waals surface area contributed by atoms with Crippen molar-refractivity contribution in [2.75, 3.05) is 19.6 Å². The molecule has 0 bridgehead atoms. The number of benzene rings is 1. The lowest BCUT2D eigenvalue weighted by Gasteiger charge is -2.47. The first-order valence-electron chi connectivity index (χ1n) is 9.89. The van der Waals surface area contributed by atoms with Gasteiger partial charge in [-0.25, -0.2) is 9.37 Å². The van der Waals surface area contributed by atoms with Gasteiger partial charge in [-0.3, -0.25) is 9.59 Å². The molecular weight excluding hydrogens is 359 g/mol. The second-order valence-electron chi connectivity index (χ2n) is 7.72. The van der Waals surface area contributed by atoms with Crippen molar-refractivity contribution in [1.29, 1.82) is 0 Å². The maximum Gasteiger partial charge on any atom is 0.227 e. The molecular formula is C21H25FN4O2. The van der Waals surface area contributed by atoms with Crippen molar-refractivity contribution >= 4 is 11.8 Å². The van der Waals surface area contributed by atoms with Gasteiger partial charge in [0.15, 0.2) is 0 Å². The Hall–Kier alpha value is -2.70. The maximum absolute atomic E-state index is 13.4. The number of piperidine rings is 2. The van der Waals surface area contributed by atoms with Gasteiger partial charge in [-0.05, 0) is 36.5 Å². The molecule has 28 heavy (non-hydrogen) atoms. The highest BCUT2D eigenvalue weighted by Gasteiger charge is 2.40. The number of nitrogens with zero attached hydrogens (tertiary/aromatic N) is 3. The van der Waals surface area contributed by atoms with Gasteiger partial charge in [0, 0.05) is 50.4 Å². The molecule has 0 radical (unpaired) electrons. The SMILES string of the molecule is O=C(Cc1cccc(F)c1)N1CC[C@@H]2[C@@H](CCC(=O)N2CCc2cnc[nH]2)C1. The van der Waals surface area contributed by atoms with Gasteiger partial charge in [0.2, 0.25) is 11.8 Å². The van der Waals surface area contributed by atoms with Gasteiger partial charge in [-0.15, -0.1) is 0 Å². The number of hydrogen-bond acceptors (Lipinski definition) is 3. The number of rotatable bonds is 5. The van der Waals surface area contributed by atoms with Crippen LogP contribution in [0.25, 0.3) is 0 Å². The Morgan fingerprint density at radius 1 is 1.32 bits per heavy atom. The number of aromatic nitrogens is 2. The summed E-state index contributed by atoms with van der Waals surface area (Å²) in [4.78, 5) is 36.2. The van der Waals surface area contributed by atoms with Crippen molar-refractivity contribution in [2.45, 2.75) is 38.1 Å². The number of carbonyl (C=O) groups excluding carboxylic acids is 2. The normalized spacial score (nSPS) is 22.2. The van der Waals surface area contributed by atoms with E-state index >= 15 is 0 Å². The van der Waals surface area contributed by atoms with E-state index in [9.17, 15) is 14.0 Å². The monoisotopic (exact) mass is 384 g/mol. The molecule has 7 heteroatoms. The molecule has 1 aromatic heterocycles. The zero-order valence-electron chi connectivity index (χ0n) is 15.8. The summed E-state index contributed by atoms with van der Waals surface area (Å²) in [5.41, 5.74) is 1.73. The van der Waals surface area contributed by atoms with Crippen molar-refractivity contribution < 1.29 is 14.0 Å². The van der Waals surface area contributed by atoms with Gasteiger partial charge < -0.3 is 14.8 Å². The minimum atomic E-state index is -0.317. The number of likely N-dealkylation sites (tertiary alicyclic amines) is 2. The van der Waals surface area contributed by atoms with Crippen LogP contribution in [0.5, 0.6) is 0 Å². The number of imidazole rings is 1. The average Bonchev–Trinajstić information content (AvgIpc) is 3.20. The Morgan fingerprint density at radius 3 is 3.00 bits per heavy atom. The van der Waals surface area contributed by atoms with Crippen molar-refractivity contribution in [1.82, 2.24) is 19.8 Å². The summed E-state index contributed by atoms with van der Waals surface area (Å²) in [5, 5.41) is 0. The fourth-order valence-electron chi connectivity index (χ4n) is 4.46. The number of carbonyl (C=O) groups is 2. The van der Waals surface area contributed by atoms with Crippen LogP contribution in [-0.2, 0) is 22.4 Å². The van der Waals surface area contributed by atoms with Crippen LogP contribution >= 0.6 is 0 Å². The Morgan fingerprint density at radius 2 is 2.21 bits per heavy atom.